The summed E-state index contributed by atoms with van der Waals surface area (Å²) in [7, 11) is 0. The molecular formula is C15H21FN4. The van der Waals surface area contributed by atoms with Crippen LogP contribution in [-0.4, -0.2) is 20.8 Å². The second-order valence-electron chi connectivity index (χ2n) is 5.48. The van der Waals surface area contributed by atoms with Gasteiger partial charge in [-0.25, -0.2) is 14.1 Å². The van der Waals surface area contributed by atoms with Gasteiger partial charge in [0.2, 0.25) is 0 Å². The molecule has 0 saturated carbocycles. The molecule has 108 valence electrons. The summed E-state index contributed by atoms with van der Waals surface area (Å²) in [4.78, 5) is 4.11. The Labute approximate surface area is 119 Å². The quantitative estimate of drug-likeness (QED) is 0.912. The monoisotopic (exact) mass is 276 g/mol. The first-order valence-corrected chi connectivity index (χ1v) is 6.91. The van der Waals surface area contributed by atoms with Gasteiger partial charge in [0.15, 0.2) is 11.6 Å². The molecule has 0 aliphatic rings. The molecule has 0 saturated heterocycles. The predicted molar refractivity (Wildman–Crippen MR) is 77.4 cm³/mol. The molecule has 0 spiro atoms. The van der Waals surface area contributed by atoms with Gasteiger partial charge >= 0.3 is 0 Å². The molecule has 2 aromatic rings. The minimum absolute atomic E-state index is 0.250. The molecule has 5 heteroatoms. The van der Waals surface area contributed by atoms with Gasteiger partial charge in [-0.3, -0.25) is 0 Å². The number of nitrogens with one attached hydrogen (secondary N) is 1. The van der Waals surface area contributed by atoms with Crippen LogP contribution in [0, 0.1) is 5.82 Å². The fraction of sp³-hybridized carbons (Fsp3) is 0.467. The molecule has 2 rings (SSSR count). The van der Waals surface area contributed by atoms with Gasteiger partial charge in [-0.1, -0.05) is 27.7 Å². The van der Waals surface area contributed by atoms with Crippen molar-refractivity contribution in [1.29, 1.82) is 0 Å². The van der Waals surface area contributed by atoms with Crippen LogP contribution in [0.4, 0.5) is 4.39 Å². The molecule has 2 aromatic heterocycles. The molecule has 4 nitrogen and oxygen atoms in total. The third kappa shape index (κ3) is 3.22. The van der Waals surface area contributed by atoms with E-state index in [0.717, 1.165) is 5.69 Å². The maximum atomic E-state index is 14.5. The van der Waals surface area contributed by atoms with E-state index >= 15 is 0 Å². The number of halogens is 1. The summed E-state index contributed by atoms with van der Waals surface area (Å²) in [5.41, 5.74) is 1.53. The van der Waals surface area contributed by atoms with Crippen molar-refractivity contribution in [2.45, 2.75) is 46.2 Å². The van der Waals surface area contributed by atoms with Crippen LogP contribution in [0.5, 0.6) is 0 Å². The molecule has 0 aliphatic heterocycles. The molecular weight excluding hydrogens is 255 g/mol. The first-order chi connectivity index (χ1) is 9.49. The van der Waals surface area contributed by atoms with Crippen molar-refractivity contribution in [2.24, 2.45) is 0 Å². The van der Waals surface area contributed by atoms with Crippen molar-refractivity contribution >= 4 is 0 Å². The van der Waals surface area contributed by atoms with Crippen LogP contribution in [0.25, 0.3) is 5.82 Å². The lowest BCUT2D eigenvalue weighted by Crippen LogP contribution is -2.23. The van der Waals surface area contributed by atoms with Crippen molar-refractivity contribution in [2.75, 3.05) is 0 Å². The van der Waals surface area contributed by atoms with E-state index in [2.05, 4.69) is 29.2 Å². The maximum Gasteiger partial charge on any atom is 0.190 e. The Bertz CT molecular complexity index is 575. The number of pyridine rings is 1. The number of hydrogen-bond donors (Lipinski definition) is 1. The number of hydrogen-bond acceptors (Lipinski definition) is 3. The highest BCUT2D eigenvalue weighted by atomic mass is 19.1. The number of aromatic nitrogens is 3. The normalized spacial score (nSPS) is 11.6. The van der Waals surface area contributed by atoms with Crippen LogP contribution in [0.3, 0.4) is 0 Å². The topological polar surface area (TPSA) is 42.7 Å². The highest BCUT2D eigenvalue weighted by molar-refractivity contribution is 5.30. The van der Waals surface area contributed by atoms with Gasteiger partial charge < -0.3 is 5.32 Å². The molecule has 0 bridgehead atoms. The van der Waals surface area contributed by atoms with Crippen molar-refractivity contribution in [3.05, 3.63) is 41.6 Å². The Morgan fingerprint density at radius 1 is 1.25 bits per heavy atom. The summed E-state index contributed by atoms with van der Waals surface area (Å²) in [6.45, 7) is 8.65. The second kappa shape index (κ2) is 6.13. The molecule has 2 heterocycles. The number of rotatable bonds is 5. The molecule has 0 unspecified atom stereocenters. The molecule has 0 fully saturated rings. The Hall–Kier alpha value is -1.75. The average molecular weight is 276 g/mol. The Morgan fingerprint density at radius 3 is 2.60 bits per heavy atom. The van der Waals surface area contributed by atoms with E-state index < -0.39 is 0 Å². The van der Waals surface area contributed by atoms with Gasteiger partial charge in [-0.15, -0.1) is 0 Å². The van der Waals surface area contributed by atoms with Crippen molar-refractivity contribution in [1.82, 2.24) is 20.1 Å². The molecule has 1 N–H and O–H groups in total. The minimum Gasteiger partial charge on any atom is -0.310 e. The van der Waals surface area contributed by atoms with E-state index in [-0.39, 0.29) is 11.6 Å². The third-order valence-corrected chi connectivity index (χ3v) is 3.07. The van der Waals surface area contributed by atoms with E-state index in [4.69, 9.17) is 0 Å². The van der Waals surface area contributed by atoms with Gasteiger partial charge in [-0.05, 0) is 18.1 Å². The van der Waals surface area contributed by atoms with Crippen LogP contribution >= 0.6 is 0 Å². The second-order valence-corrected chi connectivity index (χ2v) is 5.48. The summed E-state index contributed by atoms with van der Waals surface area (Å²) >= 11 is 0. The Kier molecular flexibility index (Phi) is 4.49. The van der Waals surface area contributed by atoms with Crippen LogP contribution in [0.15, 0.2) is 24.5 Å². The zero-order chi connectivity index (χ0) is 14.7. The highest BCUT2D eigenvalue weighted by Crippen LogP contribution is 2.17. The van der Waals surface area contributed by atoms with Crippen LogP contribution in [0.1, 0.15) is 44.9 Å². The van der Waals surface area contributed by atoms with Crippen molar-refractivity contribution < 1.29 is 4.39 Å². The lowest BCUT2D eigenvalue weighted by molar-refractivity contribution is 0.542. The molecule has 0 atom stereocenters. The van der Waals surface area contributed by atoms with Crippen LogP contribution in [-0.2, 0) is 6.54 Å². The lowest BCUT2D eigenvalue weighted by Gasteiger charge is -2.10. The predicted octanol–water partition coefficient (Wildman–Crippen LogP) is 3.03. The largest absolute Gasteiger partial charge is 0.310 e. The lowest BCUT2D eigenvalue weighted by atomic mass is 10.1. The summed E-state index contributed by atoms with van der Waals surface area (Å²) in [5.74, 6) is 0.240. The Balaban J connectivity index is 2.29. The molecule has 0 aromatic carbocycles. The van der Waals surface area contributed by atoms with Gasteiger partial charge in [-0.2, -0.15) is 5.10 Å². The van der Waals surface area contributed by atoms with E-state index in [1.54, 1.807) is 18.5 Å². The summed E-state index contributed by atoms with van der Waals surface area (Å²) < 4.78 is 16.0. The van der Waals surface area contributed by atoms with E-state index in [0.29, 0.717) is 24.1 Å². The molecule has 0 radical (unpaired) electrons. The minimum atomic E-state index is -0.320. The van der Waals surface area contributed by atoms with Crippen molar-refractivity contribution in [3.63, 3.8) is 0 Å². The Morgan fingerprint density at radius 2 is 2.00 bits per heavy atom. The van der Waals surface area contributed by atoms with Gasteiger partial charge in [0, 0.05) is 30.5 Å². The van der Waals surface area contributed by atoms with Gasteiger partial charge in [0.05, 0.1) is 5.69 Å². The summed E-state index contributed by atoms with van der Waals surface area (Å²) in [6.07, 6.45) is 3.37. The summed E-state index contributed by atoms with van der Waals surface area (Å²) in [5, 5.41) is 7.58. The standard InChI is InChI=1S/C15H21FN4/c1-10(2)13-6-8-20(19-13)15-14(16)12(5-7-17-15)9-18-11(3)4/h5-8,10-11,18H,9H2,1-4H3. The average Bonchev–Trinajstić information content (AvgIpc) is 2.87. The first-order valence-electron chi connectivity index (χ1n) is 6.91. The third-order valence-electron chi connectivity index (χ3n) is 3.07. The molecule has 20 heavy (non-hydrogen) atoms. The summed E-state index contributed by atoms with van der Waals surface area (Å²) in [6, 6.07) is 3.90. The zero-order valence-electron chi connectivity index (χ0n) is 12.4. The van der Waals surface area contributed by atoms with E-state index in [1.807, 2.05) is 19.9 Å². The number of nitrogens with zero attached hydrogens (tertiary/aromatic N) is 3. The van der Waals surface area contributed by atoms with Gasteiger partial charge in [0.25, 0.3) is 0 Å². The fourth-order valence-corrected chi connectivity index (χ4v) is 1.85. The van der Waals surface area contributed by atoms with E-state index in [9.17, 15) is 4.39 Å². The maximum absolute atomic E-state index is 14.5. The van der Waals surface area contributed by atoms with Crippen molar-refractivity contribution in [3.8, 4) is 5.82 Å². The van der Waals surface area contributed by atoms with Crippen LogP contribution in [0.2, 0.25) is 0 Å². The fourth-order valence-electron chi connectivity index (χ4n) is 1.85. The van der Waals surface area contributed by atoms with E-state index in [1.165, 1.54) is 4.68 Å². The zero-order valence-corrected chi connectivity index (χ0v) is 12.4. The van der Waals surface area contributed by atoms with Crippen LogP contribution < -0.4 is 5.32 Å². The smallest absolute Gasteiger partial charge is 0.190 e. The molecule has 0 amide bonds. The van der Waals surface area contributed by atoms with Gasteiger partial charge in [0.1, 0.15) is 0 Å². The first kappa shape index (κ1) is 14.7. The SMILES string of the molecule is CC(C)NCc1ccnc(-n2ccc(C(C)C)n2)c1F. The highest BCUT2D eigenvalue weighted by Gasteiger charge is 2.13. The molecule has 0 aliphatic carbocycles.